The second-order valence-corrected chi connectivity index (χ2v) is 5.22. The minimum atomic E-state index is -0.786. The first kappa shape index (κ1) is 13.4. The number of rotatable bonds is 5. The van der Waals surface area contributed by atoms with Gasteiger partial charge in [-0.25, -0.2) is 8.78 Å². The molecule has 0 aromatic heterocycles. The van der Waals surface area contributed by atoms with Gasteiger partial charge in [-0.05, 0) is 47.3 Å². The summed E-state index contributed by atoms with van der Waals surface area (Å²) >= 11 is 2.94. The molecule has 0 unspecified atom stereocenters. The van der Waals surface area contributed by atoms with Crippen LogP contribution in [0.3, 0.4) is 0 Å². The van der Waals surface area contributed by atoms with Crippen molar-refractivity contribution in [3.8, 4) is 0 Å². The van der Waals surface area contributed by atoms with Gasteiger partial charge >= 0.3 is 0 Å². The zero-order valence-electron chi connectivity index (χ0n) is 9.60. The number of amides is 1. The summed E-state index contributed by atoms with van der Waals surface area (Å²) in [6.45, 7) is 0.938. The van der Waals surface area contributed by atoms with E-state index in [1.165, 1.54) is 18.9 Å². The molecule has 6 heteroatoms. The molecule has 0 aliphatic heterocycles. The zero-order chi connectivity index (χ0) is 13.1. The van der Waals surface area contributed by atoms with Crippen molar-refractivity contribution in [1.82, 2.24) is 5.32 Å². The summed E-state index contributed by atoms with van der Waals surface area (Å²) in [4.78, 5) is 11.5. The zero-order valence-corrected chi connectivity index (χ0v) is 11.2. The van der Waals surface area contributed by atoms with Crippen molar-refractivity contribution in [3.63, 3.8) is 0 Å². The quantitative estimate of drug-likeness (QED) is 0.819. The molecule has 0 heterocycles. The number of hydrogen-bond acceptors (Lipinski definition) is 2. The summed E-state index contributed by atoms with van der Waals surface area (Å²) in [5.41, 5.74) is -0.0264. The molecule has 98 valence electrons. The number of carbonyl (C=O) groups excluding carboxylic acids is 1. The molecule has 0 saturated heterocycles. The van der Waals surface area contributed by atoms with E-state index in [0.717, 1.165) is 12.6 Å². The maximum atomic E-state index is 13.4. The van der Waals surface area contributed by atoms with Crippen molar-refractivity contribution < 1.29 is 13.6 Å². The van der Waals surface area contributed by atoms with Crippen LogP contribution < -0.4 is 10.6 Å². The molecule has 1 aromatic carbocycles. The van der Waals surface area contributed by atoms with Crippen molar-refractivity contribution in [1.29, 1.82) is 0 Å². The molecule has 3 nitrogen and oxygen atoms in total. The van der Waals surface area contributed by atoms with E-state index in [-0.39, 0.29) is 22.6 Å². The lowest BCUT2D eigenvalue weighted by Gasteiger charge is -2.08. The smallest absolute Gasteiger partial charge is 0.238 e. The van der Waals surface area contributed by atoms with Gasteiger partial charge < -0.3 is 10.6 Å². The first-order valence-corrected chi connectivity index (χ1v) is 6.50. The van der Waals surface area contributed by atoms with Crippen molar-refractivity contribution in [2.75, 3.05) is 18.4 Å². The van der Waals surface area contributed by atoms with E-state index in [9.17, 15) is 13.6 Å². The first-order valence-electron chi connectivity index (χ1n) is 5.71. The Morgan fingerprint density at radius 1 is 1.33 bits per heavy atom. The minimum absolute atomic E-state index is 0.0264. The van der Waals surface area contributed by atoms with Crippen molar-refractivity contribution in [2.24, 2.45) is 5.92 Å². The molecule has 1 fully saturated rings. The SMILES string of the molecule is O=C(CNCC1CC1)Nc1cc(Br)c(F)cc1F. The highest BCUT2D eigenvalue weighted by atomic mass is 79.9. The van der Waals surface area contributed by atoms with Crippen LogP contribution in [0.4, 0.5) is 14.5 Å². The van der Waals surface area contributed by atoms with Gasteiger partial charge in [0, 0.05) is 6.07 Å². The monoisotopic (exact) mass is 318 g/mol. The summed E-state index contributed by atoms with van der Waals surface area (Å²) in [6, 6.07) is 1.95. The number of carbonyl (C=O) groups is 1. The van der Waals surface area contributed by atoms with Crippen LogP contribution >= 0.6 is 15.9 Å². The minimum Gasteiger partial charge on any atom is -0.322 e. The average molecular weight is 319 g/mol. The molecule has 1 amide bonds. The second kappa shape index (κ2) is 5.75. The third-order valence-electron chi connectivity index (χ3n) is 2.70. The van der Waals surface area contributed by atoms with Crippen LogP contribution in [0, 0.1) is 17.6 Å². The van der Waals surface area contributed by atoms with Gasteiger partial charge in [-0.15, -0.1) is 0 Å². The van der Waals surface area contributed by atoms with Gasteiger partial charge in [-0.3, -0.25) is 4.79 Å². The Morgan fingerprint density at radius 3 is 2.72 bits per heavy atom. The van der Waals surface area contributed by atoms with E-state index in [1.54, 1.807) is 0 Å². The van der Waals surface area contributed by atoms with Gasteiger partial charge in [0.1, 0.15) is 11.6 Å². The first-order chi connectivity index (χ1) is 8.56. The van der Waals surface area contributed by atoms with E-state index in [1.807, 2.05) is 0 Å². The van der Waals surface area contributed by atoms with Gasteiger partial charge in [0.2, 0.25) is 5.91 Å². The van der Waals surface area contributed by atoms with Crippen LogP contribution in [-0.4, -0.2) is 19.0 Å². The molecule has 1 saturated carbocycles. The van der Waals surface area contributed by atoms with E-state index in [2.05, 4.69) is 26.6 Å². The van der Waals surface area contributed by atoms with Gasteiger partial charge in [-0.2, -0.15) is 0 Å². The fourth-order valence-corrected chi connectivity index (χ4v) is 1.87. The van der Waals surface area contributed by atoms with Crippen LogP contribution in [0.15, 0.2) is 16.6 Å². The molecular weight excluding hydrogens is 306 g/mol. The molecule has 18 heavy (non-hydrogen) atoms. The molecule has 1 aromatic rings. The summed E-state index contributed by atoms with van der Waals surface area (Å²) < 4.78 is 26.5. The third kappa shape index (κ3) is 3.74. The van der Waals surface area contributed by atoms with Crippen LogP contribution in [0.25, 0.3) is 0 Å². The number of halogens is 3. The highest BCUT2D eigenvalue weighted by Gasteiger charge is 2.20. The highest BCUT2D eigenvalue weighted by Crippen LogP contribution is 2.27. The number of nitrogens with one attached hydrogen (secondary N) is 2. The summed E-state index contributed by atoms with van der Waals surface area (Å²) in [7, 11) is 0. The number of anilines is 1. The molecule has 1 aliphatic carbocycles. The van der Waals surface area contributed by atoms with E-state index < -0.39 is 11.6 Å². The van der Waals surface area contributed by atoms with Crippen LogP contribution in [0.5, 0.6) is 0 Å². The maximum absolute atomic E-state index is 13.4. The van der Waals surface area contributed by atoms with Gasteiger partial charge in [0.15, 0.2) is 0 Å². The second-order valence-electron chi connectivity index (χ2n) is 4.37. The topological polar surface area (TPSA) is 41.1 Å². The van der Waals surface area contributed by atoms with Gasteiger partial charge in [-0.1, -0.05) is 0 Å². The van der Waals surface area contributed by atoms with E-state index >= 15 is 0 Å². The largest absolute Gasteiger partial charge is 0.322 e. The highest BCUT2D eigenvalue weighted by molar-refractivity contribution is 9.10. The lowest BCUT2D eigenvalue weighted by molar-refractivity contribution is -0.115. The fraction of sp³-hybridized carbons (Fsp3) is 0.417. The maximum Gasteiger partial charge on any atom is 0.238 e. The van der Waals surface area contributed by atoms with Crippen LogP contribution in [0.2, 0.25) is 0 Å². The fourth-order valence-electron chi connectivity index (χ4n) is 1.52. The molecule has 0 spiro atoms. The summed E-state index contributed by atoms with van der Waals surface area (Å²) in [6.07, 6.45) is 2.41. The Morgan fingerprint density at radius 2 is 2.06 bits per heavy atom. The Hall–Kier alpha value is -1.01. The summed E-state index contributed by atoms with van der Waals surface area (Å²) in [5.74, 6) is -1.15. The third-order valence-corrected chi connectivity index (χ3v) is 3.31. The van der Waals surface area contributed by atoms with Crippen molar-refractivity contribution in [2.45, 2.75) is 12.8 Å². The molecule has 1 aliphatic rings. The molecule has 0 radical (unpaired) electrons. The molecule has 0 atom stereocenters. The van der Waals surface area contributed by atoms with Crippen molar-refractivity contribution in [3.05, 3.63) is 28.2 Å². The number of benzene rings is 1. The Bertz CT molecular complexity index is 464. The Balaban J connectivity index is 1.87. The number of hydrogen-bond donors (Lipinski definition) is 2. The van der Waals surface area contributed by atoms with Gasteiger partial charge in [0.25, 0.3) is 0 Å². The lowest BCUT2D eigenvalue weighted by atomic mass is 10.3. The molecule has 2 N–H and O–H groups in total. The van der Waals surface area contributed by atoms with Crippen LogP contribution in [0.1, 0.15) is 12.8 Å². The molecule has 0 bridgehead atoms. The normalized spacial score (nSPS) is 14.6. The Labute approximate surface area is 112 Å². The summed E-state index contributed by atoms with van der Waals surface area (Å²) in [5, 5.41) is 5.39. The van der Waals surface area contributed by atoms with E-state index in [4.69, 9.17) is 0 Å². The average Bonchev–Trinajstić information content (AvgIpc) is 3.10. The Kier molecular flexibility index (Phi) is 4.29. The molecular formula is C12H13BrF2N2O. The predicted molar refractivity (Wildman–Crippen MR) is 68.3 cm³/mol. The van der Waals surface area contributed by atoms with Crippen LogP contribution in [-0.2, 0) is 4.79 Å². The lowest BCUT2D eigenvalue weighted by Crippen LogP contribution is -2.29. The predicted octanol–water partition coefficient (Wildman–Crippen LogP) is 2.67. The standard InChI is InChI=1S/C12H13BrF2N2O/c13-8-3-11(10(15)4-9(8)14)17-12(18)6-16-5-7-1-2-7/h3-4,7,16H,1-2,5-6H2,(H,17,18). The van der Waals surface area contributed by atoms with E-state index in [0.29, 0.717) is 5.92 Å². The van der Waals surface area contributed by atoms with Crippen molar-refractivity contribution >= 4 is 27.5 Å². The molecule has 2 rings (SSSR count). The van der Waals surface area contributed by atoms with Gasteiger partial charge in [0.05, 0.1) is 16.7 Å².